The lowest BCUT2D eigenvalue weighted by molar-refractivity contribution is -0.150. The number of benzene rings is 2. The number of para-hydroxylation sites is 1. The zero-order valence-corrected chi connectivity index (χ0v) is 18.1. The summed E-state index contributed by atoms with van der Waals surface area (Å²) >= 11 is 0. The van der Waals surface area contributed by atoms with Crippen molar-refractivity contribution in [3.8, 4) is 17.2 Å². The lowest BCUT2D eigenvalue weighted by Crippen LogP contribution is -2.29. The van der Waals surface area contributed by atoms with Crippen molar-refractivity contribution in [3.63, 3.8) is 0 Å². The molecule has 0 saturated carbocycles. The summed E-state index contributed by atoms with van der Waals surface area (Å²) in [6.07, 6.45) is 0. The SMILES string of the molecule is COc1ccc(CNC(=O)COC(=O)COc2ccccc2C(C)(C)C)cc1OC. The predicted octanol–water partition coefficient (Wildman–Crippen LogP) is 3.24. The van der Waals surface area contributed by atoms with Gasteiger partial charge in [-0.3, -0.25) is 4.79 Å². The van der Waals surface area contributed by atoms with Crippen LogP contribution in [0.2, 0.25) is 0 Å². The quantitative estimate of drug-likeness (QED) is 0.633. The summed E-state index contributed by atoms with van der Waals surface area (Å²) in [5.41, 5.74) is 1.70. The van der Waals surface area contributed by atoms with Crippen LogP contribution >= 0.6 is 0 Å². The first-order valence-electron chi connectivity index (χ1n) is 9.60. The summed E-state index contributed by atoms with van der Waals surface area (Å²) in [5, 5.41) is 2.69. The van der Waals surface area contributed by atoms with E-state index in [2.05, 4.69) is 26.1 Å². The smallest absolute Gasteiger partial charge is 0.344 e. The van der Waals surface area contributed by atoms with Gasteiger partial charge in [-0.25, -0.2) is 4.79 Å². The molecule has 0 aliphatic heterocycles. The van der Waals surface area contributed by atoms with Crippen LogP contribution in [0.5, 0.6) is 17.2 Å². The highest BCUT2D eigenvalue weighted by molar-refractivity contribution is 5.80. The number of carbonyl (C=O) groups is 2. The fourth-order valence-corrected chi connectivity index (χ4v) is 2.78. The van der Waals surface area contributed by atoms with Crippen molar-refractivity contribution >= 4 is 11.9 Å². The summed E-state index contributed by atoms with van der Waals surface area (Å²) < 4.78 is 21.0. The summed E-state index contributed by atoms with van der Waals surface area (Å²) in [6, 6.07) is 12.9. The van der Waals surface area contributed by atoms with Gasteiger partial charge in [-0.2, -0.15) is 0 Å². The summed E-state index contributed by atoms with van der Waals surface area (Å²) in [6.45, 7) is 5.82. The number of esters is 1. The van der Waals surface area contributed by atoms with Gasteiger partial charge < -0.3 is 24.3 Å². The van der Waals surface area contributed by atoms with Crippen molar-refractivity contribution < 1.29 is 28.5 Å². The van der Waals surface area contributed by atoms with E-state index >= 15 is 0 Å². The third-order valence-electron chi connectivity index (χ3n) is 4.34. The number of amides is 1. The molecule has 0 atom stereocenters. The van der Waals surface area contributed by atoms with Crippen LogP contribution in [-0.2, 0) is 26.3 Å². The van der Waals surface area contributed by atoms with E-state index in [9.17, 15) is 9.59 Å². The maximum Gasteiger partial charge on any atom is 0.344 e. The van der Waals surface area contributed by atoms with Crippen LogP contribution in [0.15, 0.2) is 42.5 Å². The second-order valence-electron chi connectivity index (χ2n) is 7.66. The van der Waals surface area contributed by atoms with Crippen LogP contribution < -0.4 is 19.5 Å². The van der Waals surface area contributed by atoms with Crippen molar-refractivity contribution in [1.82, 2.24) is 5.32 Å². The fourth-order valence-electron chi connectivity index (χ4n) is 2.78. The number of hydrogen-bond donors (Lipinski definition) is 1. The molecule has 0 heterocycles. The van der Waals surface area contributed by atoms with E-state index in [-0.39, 0.29) is 25.2 Å². The molecule has 162 valence electrons. The zero-order chi connectivity index (χ0) is 22.1. The van der Waals surface area contributed by atoms with Crippen LogP contribution in [0, 0.1) is 0 Å². The molecular formula is C23H29NO6. The Morgan fingerprint density at radius 2 is 1.60 bits per heavy atom. The molecule has 2 rings (SSSR count). The topological polar surface area (TPSA) is 83.1 Å². The van der Waals surface area contributed by atoms with Crippen molar-refractivity contribution in [2.75, 3.05) is 27.4 Å². The zero-order valence-electron chi connectivity index (χ0n) is 18.1. The Labute approximate surface area is 177 Å². The first-order valence-corrected chi connectivity index (χ1v) is 9.60. The van der Waals surface area contributed by atoms with Crippen molar-refractivity contribution in [2.45, 2.75) is 32.7 Å². The first kappa shape index (κ1) is 23.1. The standard InChI is InChI=1S/C23H29NO6/c1-23(2,3)17-8-6-7-9-18(17)29-15-22(26)30-14-21(25)24-13-16-10-11-19(27-4)20(12-16)28-5/h6-12H,13-15H2,1-5H3,(H,24,25). The Kier molecular flexibility index (Phi) is 8.09. The Bertz CT molecular complexity index is 872. The van der Waals surface area contributed by atoms with E-state index in [0.717, 1.165) is 11.1 Å². The maximum atomic E-state index is 12.0. The van der Waals surface area contributed by atoms with Gasteiger partial charge in [0.05, 0.1) is 14.2 Å². The Morgan fingerprint density at radius 3 is 2.27 bits per heavy atom. The van der Waals surface area contributed by atoms with Crippen molar-refractivity contribution in [2.24, 2.45) is 0 Å². The van der Waals surface area contributed by atoms with Crippen LogP contribution in [0.3, 0.4) is 0 Å². The highest BCUT2D eigenvalue weighted by Gasteiger charge is 2.19. The largest absolute Gasteiger partial charge is 0.493 e. The first-order chi connectivity index (χ1) is 14.2. The molecule has 0 radical (unpaired) electrons. The number of ether oxygens (including phenoxy) is 4. The molecular weight excluding hydrogens is 386 g/mol. The van der Waals surface area contributed by atoms with Gasteiger partial charge in [-0.1, -0.05) is 45.0 Å². The molecule has 0 aliphatic carbocycles. The van der Waals surface area contributed by atoms with Crippen LogP contribution in [0.1, 0.15) is 31.9 Å². The fraction of sp³-hybridized carbons (Fsp3) is 0.391. The average molecular weight is 415 g/mol. The molecule has 0 aromatic heterocycles. The van der Waals surface area contributed by atoms with Gasteiger partial charge in [0.15, 0.2) is 24.7 Å². The van der Waals surface area contributed by atoms with E-state index in [1.54, 1.807) is 26.4 Å². The molecule has 0 saturated heterocycles. The predicted molar refractivity (Wildman–Crippen MR) is 113 cm³/mol. The normalized spacial score (nSPS) is 10.8. The molecule has 2 aromatic rings. The molecule has 7 nitrogen and oxygen atoms in total. The van der Waals surface area contributed by atoms with Crippen LogP contribution in [0.4, 0.5) is 0 Å². The van der Waals surface area contributed by atoms with E-state index in [0.29, 0.717) is 17.2 Å². The molecule has 7 heteroatoms. The third kappa shape index (κ3) is 6.69. The van der Waals surface area contributed by atoms with Gasteiger partial charge in [0.1, 0.15) is 5.75 Å². The monoisotopic (exact) mass is 415 g/mol. The maximum absolute atomic E-state index is 12.0. The summed E-state index contributed by atoms with van der Waals surface area (Å²) in [4.78, 5) is 23.9. The molecule has 0 aliphatic rings. The van der Waals surface area contributed by atoms with Crippen LogP contribution in [-0.4, -0.2) is 39.3 Å². The Balaban J connectivity index is 1.78. The molecule has 0 unspecified atom stereocenters. The third-order valence-corrected chi connectivity index (χ3v) is 4.34. The molecule has 30 heavy (non-hydrogen) atoms. The summed E-state index contributed by atoms with van der Waals surface area (Å²) in [7, 11) is 3.10. The Morgan fingerprint density at radius 1 is 0.900 bits per heavy atom. The van der Waals surface area contributed by atoms with Gasteiger partial charge in [0.25, 0.3) is 5.91 Å². The van der Waals surface area contributed by atoms with Crippen LogP contribution in [0.25, 0.3) is 0 Å². The summed E-state index contributed by atoms with van der Waals surface area (Å²) in [5.74, 6) is 0.783. The van der Waals surface area contributed by atoms with E-state index in [4.69, 9.17) is 18.9 Å². The average Bonchev–Trinajstić information content (AvgIpc) is 2.74. The molecule has 0 bridgehead atoms. The molecule has 0 fully saturated rings. The molecule has 1 amide bonds. The van der Waals surface area contributed by atoms with Gasteiger partial charge in [0.2, 0.25) is 0 Å². The number of rotatable bonds is 9. The highest BCUT2D eigenvalue weighted by atomic mass is 16.6. The minimum atomic E-state index is -0.611. The van der Waals surface area contributed by atoms with Crippen molar-refractivity contribution in [3.05, 3.63) is 53.6 Å². The molecule has 2 aromatic carbocycles. The van der Waals surface area contributed by atoms with E-state index < -0.39 is 11.9 Å². The Hall–Kier alpha value is -3.22. The van der Waals surface area contributed by atoms with E-state index in [1.807, 2.05) is 30.3 Å². The minimum absolute atomic E-state index is 0.121. The van der Waals surface area contributed by atoms with Gasteiger partial charge in [0, 0.05) is 6.54 Å². The van der Waals surface area contributed by atoms with Crippen molar-refractivity contribution in [1.29, 1.82) is 0 Å². The highest BCUT2D eigenvalue weighted by Crippen LogP contribution is 2.31. The van der Waals surface area contributed by atoms with Gasteiger partial charge >= 0.3 is 5.97 Å². The number of nitrogens with one attached hydrogen (secondary N) is 1. The number of carbonyl (C=O) groups excluding carboxylic acids is 2. The van der Waals surface area contributed by atoms with E-state index in [1.165, 1.54) is 0 Å². The minimum Gasteiger partial charge on any atom is -0.493 e. The van der Waals surface area contributed by atoms with Gasteiger partial charge in [-0.05, 0) is 34.7 Å². The molecule has 1 N–H and O–H groups in total. The second-order valence-corrected chi connectivity index (χ2v) is 7.66. The van der Waals surface area contributed by atoms with Gasteiger partial charge in [-0.15, -0.1) is 0 Å². The second kappa shape index (κ2) is 10.5. The number of hydrogen-bond acceptors (Lipinski definition) is 6. The lowest BCUT2D eigenvalue weighted by Gasteiger charge is -2.22. The number of methoxy groups -OCH3 is 2. The molecule has 0 spiro atoms. The lowest BCUT2D eigenvalue weighted by atomic mass is 9.86.